The molecule has 0 saturated carbocycles. The highest BCUT2D eigenvalue weighted by Crippen LogP contribution is 2.17. The van der Waals surface area contributed by atoms with Gasteiger partial charge >= 0.3 is 0 Å². The Labute approximate surface area is 60.7 Å². The molecule has 2 N–H and O–H groups in total. The number of carbonyl (C=O) groups is 1. The molecule has 0 heterocycles. The van der Waals surface area contributed by atoms with Crippen LogP contribution in [0.1, 0.15) is 26.2 Å². The van der Waals surface area contributed by atoms with Gasteiger partial charge in [0.05, 0.1) is 5.60 Å². The van der Waals surface area contributed by atoms with Gasteiger partial charge in [-0.25, -0.2) is 0 Å². The lowest BCUT2D eigenvalue weighted by Crippen LogP contribution is -2.29. The number of hydrogen-bond donors (Lipinski definition) is 2. The third-order valence-corrected chi connectivity index (χ3v) is 1.70. The van der Waals surface area contributed by atoms with E-state index in [1.54, 1.807) is 6.92 Å². The first-order valence-electron chi connectivity index (χ1n) is 3.45. The fourth-order valence-corrected chi connectivity index (χ4v) is 0.786. The molecule has 0 aliphatic heterocycles. The molecule has 10 heavy (non-hydrogen) atoms. The van der Waals surface area contributed by atoms with E-state index in [0.29, 0.717) is 12.7 Å². The molecule has 0 fully saturated rings. The fourth-order valence-electron chi connectivity index (χ4n) is 0.786. The zero-order chi connectivity index (χ0) is 8.04. The number of aliphatic hydroxyl groups excluding tert-OH is 1. The predicted molar refractivity (Wildman–Crippen MR) is 37.6 cm³/mol. The molecule has 0 aliphatic rings. The first-order valence-corrected chi connectivity index (χ1v) is 3.45. The third-order valence-electron chi connectivity index (χ3n) is 1.70. The molecule has 0 aromatic heterocycles. The summed E-state index contributed by atoms with van der Waals surface area (Å²) in [5, 5.41) is 17.9. The van der Waals surface area contributed by atoms with Crippen molar-refractivity contribution in [3.8, 4) is 0 Å². The van der Waals surface area contributed by atoms with Crippen LogP contribution in [0.5, 0.6) is 0 Å². The Kier molecular flexibility index (Phi) is 4.23. The van der Waals surface area contributed by atoms with Crippen molar-refractivity contribution in [1.29, 1.82) is 0 Å². The van der Waals surface area contributed by atoms with Crippen LogP contribution >= 0.6 is 0 Å². The second kappa shape index (κ2) is 4.41. The van der Waals surface area contributed by atoms with Crippen LogP contribution < -0.4 is 0 Å². The molecule has 60 valence electrons. The van der Waals surface area contributed by atoms with E-state index < -0.39 is 5.60 Å². The smallest absolute Gasteiger partial charge is 0.122 e. The highest BCUT2D eigenvalue weighted by atomic mass is 16.3. The Morgan fingerprint density at radius 3 is 2.50 bits per heavy atom. The van der Waals surface area contributed by atoms with Gasteiger partial charge in [-0.05, 0) is 12.8 Å². The molecule has 0 bridgehead atoms. The molecule has 1 unspecified atom stereocenters. The van der Waals surface area contributed by atoms with Gasteiger partial charge in [0, 0.05) is 13.0 Å². The van der Waals surface area contributed by atoms with Crippen LogP contribution in [0.4, 0.5) is 0 Å². The van der Waals surface area contributed by atoms with E-state index in [2.05, 4.69) is 0 Å². The Morgan fingerprint density at radius 1 is 1.60 bits per heavy atom. The second-order valence-electron chi connectivity index (χ2n) is 2.42. The Balaban J connectivity index is 3.80. The van der Waals surface area contributed by atoms with Gasteiger partial charge in [-0.3, -0.25) is 0 Å². The van der Waals surface area contributed by atoms with Gasteiger partial charge in [0.2, 0.25) is 0 Å². The van der Waals surface area contributed by atoms with Crippen molar-refractivity contribution in [2.75, 3.05) is 6.61 Å². The average molecular weight is 146 g/mol. The van der Waals surface area contributed by atoms with Crippen molar-refractivity contribution in [2.45, 2.75) is 31.8 Å². The largest absolute Gasteiger partial charge is 0.396 e. The molecule has 0 radical (unpaired) electrons. The van der Waals surface area contributed by atoms with Gasteiger partial charge in [0.25, 0.3) is 0 Å². The Morgan fingerprint density at radius 2 is 2.20 bits per heavy atom. The molecule has 0 aromatic carbocycles. The van der Waals surface area contributed by atoms with Gasteiger partial charge in [-0.15, -0.1) is 0 Å². The fraction of sp³-hybridized carbons (Fsp3) is 0.857. The summed E-state index contributed by atoms with van der Waals surface area (Å²) in [4.78, 5) is 10.0. The van der Waals surface area contributed by atoms with Crippen LogP contribution in [-0.4, -0.2) is 28.7 Å². The third kappa shape index (κ3) is 2.94. The average Bonchev–Trinajstić information content (AvgIpc) is 1.89. The van der Waals surface area contributed by atoms with Crippen LogP contribution in [0.25, 0.3) is 0 Å². The minimum atomic E-state index is -0.976. The number of aldehydes is 1. The van der Waals surface area contributed by atoms with E-state index in [1.165, 1.54) is 0 Å². The van der Waals surface area contributed by atoms with Crippen molar-refractivity contribution in [3.05, 3.63) is 0 Å². The molecule has 0 aliphatic carbocycles. The highest BCUT2D eigenvalue weighted by molar-refractivity contribution is 5.51. The summed E-state index contributed by atoms with van der Waals surface area (Å²) in [5.41, 5.74) is -0.976. The monoisotopic (exact) mass is 146 g/mol. The van der Waals surface area contributed by atoms with Crippen molar-refractivity contribution in [3.63, 3.8) is 0 Å². The molecule has 0 aromatic rings. The predicted octanol–water partition coefficient (Wildman–Crippen LogP) is 0.0989. The maximum Gasteiger partial charge on any atom is 0.122 e. The normalized spacial score (nSPS) is 16.3. The lowest BCUT2D eigenvalue weighted by molar-refractivity contribution is -0.113. The van der Waals surface area contributed by atoms with Gasteiger partial charge < -0.3 is 15.0 Å². The summed E-state index contributed by atoms with van der Waals surface area (Å²) in [6.45, 7) is 1.72. The van der Waals surface area contributed by atoms with Gasteiger partial charge in [-0.2, -0.15) is 0 Å². The van der Waals surface area contributed by atoms with E-state index in [4.69, 9.17) is 5.11 Å². The molecule has 3 heteroatoms. The lowest BCUT2D eigenvalue weighted by atomic mass is 9.94. The van der Waals surface area contributed by atoms with Crippen molar-refractivity contribution >= 4 is 6.29 Å². The summed E-state index contributed by atoms with van der Waals surface area (Å²) < 4.78 is 0. The van der Waals surface area contributed by atoms with Crippen molar-refractivity contribution in [1.82, 2.24) is 0 Å². The first-order chi connectivity index (χ1) is 4.68. The van der Waals surface area contributed by atoms with E-state index in [-0.39, 0.29) is 19.4 Å². The molecule has 1 atom stereocenters. The maximum atomic E-state index is 10.0. The number of hydrogen-bond acceptors (Lipinski definition) is 3. The molecule has 0 amide bonds. The Bertz CT molecular complexity index is 103. The summed E-state index contributed by atoms with van der Waals surface area (Å²) in [7, 11) is 0. The Hall–Kier alpha value is -0.410. The molecule has 0 saturated heterocycles. The van der Waals surface area contributed by atoms with E-state index in [9.17, 15) is 9.90 Å². The molecular formula is C7H14O3. The zero-order valence-electron chi connectivity index (χ0n) is 6.21. The number of aliphatic hydroxyl groups is 2. The van der Waals surface area contributed by atoms with Crippen LogP contribution in [0.3, 0.4) is 0 Å². The van der Waals surface area contributed by atoms with Crippen molar-refractivity contribution in [2.24, 2.45) is 0 Å². The lowest BCUT2D eigenvalue weighted by Gasteiger charge is -2.22. The minimum Gasteiger partial charge on any atom is -0.396 e. The topological polar surface area (TPSA) is 57.5 Å². The zero-order valence-corrected chi connectivity index (χ0v) is 6.21. The number of carbonyl (C=O) groups excluding carboxylic acids is 1. The second-order valence-corrected chi connectivity index (χ2v) is 2.42. The minimum absolute atomic E-state index is 0.0713. The van der Waals surface area contributed by atoms with Crippen LogP contribution in [0.2, 0.25) is 0 Å². The summed E-state index contributed by atoms with van der Waals surface area (Å²) in [6.07, 6.45) is 1.58. The quantitative estimate of drug-likeness (QED) is 0.541. The molecule has 0 spiro atoms. The van der Waals surface area contributed by atoms with Crippen molar-refractivity contribution < 1.29 is 15.0 Å². The summed E-state index contributed by atoms with van der Waals surface area (Å²) in [5.74, 6) is 0. The van der Waals surface area contributed by atoms with Gasteiger partial charge in [0.15, 0.2) is 0 Å². The van der Waals surface area contributed by atoms with Gasteiger partial charge in [-0.1, -0.05) is 6.92 Å². The molecule has 0 rings (SSSR count). The SMILES string of the molecule is CCC(O)(CC=O)CCO. The molecule has 3 nitrogen and oxygen atoms in total. The standard InChI is InChI=1S/C7H14O3/c1-2-7(10,3-5-8)4-6-9/h5,9-10H,2-4,6H2,1H3. The van der Waals surface area contributed by atoms with E-state index in [1.807, 2.05) is 0 Å². The van der Waals surface area contributed by atoms with E-state index >= 15 is 0 Å². The highest BCUT2D eigenvalue weighted by Gasteiger charge is 2.22. The van der Waals surface area contributed by atoms with Gasteiger partial charge in [0.1, 0.15) is 6.29 Å². The van der Waals surface area contributed by atoms with Crippen LogP contribution in [-0.2, 0) is 4.79 Å². The maximum absolute atomic E-state index is 10.0. The summed E-state index contributed by atoms with van der Waals surface area (Å²) in [6, 6.07) is 0. The van der Waals surface area contributed by atoms with Crippen LogP contribution in [0, 0.1) is 0 Å². The first kappa shape index (κ1) is 9.59. The summed E-state index contributed by atoms with van der Waals surface area (Å²) >= 11 is 0. The van der Waals surface area contributed by atoms with Crippen LogP contribution in [0.15, 0.2) is 0 Å². The van der Waals surface area contributed by atoms with E-state index in [0.717, 1.165) is 0 Å². The number of rotatable bonds is 5. The molecular weight excluding hydrogens is 132 g/mol.